The van der Waals surface area contributed by atoms with Crippen molar-refractivity contribution in [3.63, 3.8) is 0 Å². The molecule has 15 heavy (non-hydrogen) atoms. The van der Waals surface area contributed by atoms with Gasteiger partial charge >= 0.3 is 6.61 Å². The van der Waals surface area contributed by atoms with E-state index in [9.17, 15) is 8.78 Å². The van der Waals surface area contributed by atoms with Crippen molar-refractivity contribution in [1.29, 1.82) is 0 Å². The molecule has 0 aromatic heterocycles. The van der Waals surface area contributed by atoms with Crippen molar-refractivity contribution in [2.75, 3.05) is 5.88 Å². The van der Waals surface area contributed by atoms with Gasteiger partial charge in [-0.2, -0.15) is 8.78 Å². The fourth-order valence-electron chi connectivity index (χ4n) is 1.21. The van der Waals surface area contributed by atoms with Crippen molar-refractivity contribution in [3.8, 4) is 5.75 Å². The van der Waals surface area contributed by atoms with E-state index in [1.165, 1.54) is 0 Å². The fourth-order valence-corrected chi connectivity index (χ4v) is 2.05. The van der Waals surface area contributed by atoms with Crippen LogP contribution < -0.4 is 4.74 Å². The zero-order valence-electron chi connectivity index (χ0n) is 7.85. The molecular formula is C10H10ClF2IO. The number of ether oxygens (including phenoxy) is 1. The molecule has 0 saturated carbocycles. The van der Waals surface area contributed by atoms with Crippen LogP contribution in [0.1, 0.15) is 12.0 Å². The molecule has 0 heterocycles. The molecule has 5 heteroatoms. The maximum Gasteiger partial charge on any atom is 0.387 e. The highest BCUT2D eigenvalue weighted by atomic mass is 127. The zero-order valence-corrected chi connectivity index (χ0v) is 10.8. The molecule has 0 aliphatic rings. The van der Waals surface area contributed by atoms with Gasteiger partial charge in [-0.1, -0.05) is 0 Å². The van der Waals surface area contributed by atoms with Crippen molar-refractivity contribution in [3.05, 3.63) is 27.3 Å². The van der Waals surface area contributed by atoms with Gasteiger partial charge in [0.15, 0.2) is 0 Å². The largest absolute Gasteiger partial charge is 0.435 e. The Morgan fingerprint density at radius 1 is 1.33 bits per heavy atom. The van der Waals surface area contributed by atoms with E-state index in [1.807, 2.05) is 6.07 Å². The summed E-state index contributed by atoms with van der Waals surface area (Å²) < 4.78 is 29.2. The number of rotatable bonds is 5. The minimum atomic E-state index is -2.77. The first kappa shape index (κ1) is 13.0. The molecule has 1 rings (SSSR count). The van der Waals surface area contributed by atoms with Gasteiger partial charge in [-0.3, -0.25) is 0 Å². The monoisotopic (exact) mass is 346 g/mol. The fraction of sp³-hybridized carbons (Fsp3) is 0.400. The first-order chi connectivity index (χ1) is 7.11. The van der Waals surface area contributed by atoms with Crippen LogP contribution in [0.15, 0.2) is 18.2 Å². The molecule has 0 unspecified atom stereocenters. The Bertz CT molecular complexity index is 320. The van der Waals surface area contributed by atoms with Crippen LogP contribution in [0.2, 0.25) is 0 Å². The summed E-state index contributed by atoms with van der Waals surface area (Å²) in [5.41, 5.74) is 0.971. The van der Waals surface area contributed by atoms with Crippen LogP contribution in [0.4, 0.5) is 8.78 Å². The van der Waals surface area contributed by atoms with Gasteiger partial charge in [0.05, 0.1) is 0 Å². The summed E-state index contributed by atoms with van der Waals surface area (Å²) in [6, 6.07) is 5.14. The summed E-state index contributed by atoms with van der Waals surface area (Å²) in [5.74, 6) is 0.776. The minimum Gasteiger partial charge on any atom is -0.435 e. The van der Waals surface area contributed by atoms with Gasteiger partial charge in [0.1, 0.15) is 5.75 Å². The molecule has 0 atom stereocenters. The summed E-state index contributed by atoms with van der Waals surface area (Å²) in [6.45, 7) is -2.77. The predicted molar refractivity (Wildman–Crippen MR) is 64.8 cm³/mol. The van der Waals surface area contributed by atoms with Gasteiger partial charge in [-0.05, 0) is 59.2 Å². The highest BCUT2D eigenvalue weighted by molar-refractivity contribution is 14.1. The van der Waals surface area contributed by atoms with Crippen LogP contribution in [0.3, 0.4) is 0 Å². The molecular weight excluding hydrogens is 336 g/mol. The van der Waals surface area contributed by atoms with E-state index < -0.39 is 6.61 Å². The van der Waals surface area contributed by atoms with Gasteiger partial charge < -0.3 is 4.74 Å². The number of hydrogen-bond donors (Lipinski definition) is 0. The lowest BCUT2D eigenvalue weighted by molar-refractivity contribution is -0.0499. The van der Waals surface area contributed by atoms with Gasteiger partial charge in [0.2, 0.25) is 0 Å². The minimum absolute atomic E-state index is 0.210. The number of benzene rings is 1. The van der Waals surface area contributed by atoms with Crippen molar-refractivity contribution >= 4 is 34.2 Å². The van der Waals surface area contributed by atoms with Crippen LogP contribution >= 0.6 is 34.2 Å². The molecule has 1 aromatic rings. The Morgan fingerprint density at radius 3 is 2.67 bits per heavy atom. The predicted octanol–water partition coefficient (Wildman–Crippen LogP) is 4.06. The summed E-state index contributed by atoms with van der Waals surface area (Å²) in [4.78, 5) is 0. The Kier molecular flexibility index (Phi) is 5.60. The second kappa shape index (κ2) is 6.48. The van der Waals surface area contributed by atoms with Gasteiger partial charge in [0, 0.05) is 9.45 Å². The summed E-state index contributed by atoms with van der Waals surface area (Å²) >= 11 is 7.63. The van der Waals surface area contributed by atoms with Gasteiger partial charge in [-0.25, -0.2) is 0 Å². The first-order valence-electron chi connectivity index (χ1n) is 4.42. The molecule has 0 amide bonds. The summed E-state index contributed by atoms with van der Waals surface area (Å²) in [5, 5.41) is 0. The Hall–Kier alpha value is -0.100. The average Bonchev–Trinajstić information content (AvgIpc) is 2.12. The molecule has 0 spiro atoms. The third kappa shape index (κ3) is 4.97. The Balaban J connectivity index is 2.75. The van der Waals surface area contributed by atoms with Crippen LogP contribution in [0.25, 0.3) is 0 Å². The van der Waals surface area contributed by atoms with Crippen LogP contribution in [0, 0.1) is 3.57 Å². The van der Waals surface area contributed by atoms with Crippen molar-refractivity contribution < 1.29 is 13.5 Å². The van der Waals surface area contributed by atoms with Crippen LogP contribution in [0.5, 0.6) is 5.75 Å². The quantitative estimate of drug-likeness (QED) is 0.577. The summed E-state index contributed by atoms with van der Waals surface area (Å²) in [7, 11) is 0. The molecule has 0 aliphatic carbocycles. The Morgan fingerprint density at radius 2 is 2.07 bits per heavy atom. The maximum absolute atomic E-state index is 12.0. The lowest BCUT2D eigenvalue weighted by Gasteiger charge is -2.07. The van der Waals surface area contributed by atoms with E-state index >= 15 is 0 Å². The molecule has 0 aliphatic heterocycles. The lowest BCUT2D eigenvalue weighted by Crippen LogP contribution is -2.02. The van der Waals surface area contributed by atoms with E-state index in [2.05, 4.69) is 27.3 Å². The van der Waals surface area contributed by atoms with E-state index in [1.54, 1.807) is 12.1 Å². The molecule has 84 valence electrons. The number of halogens is 4. The molecule has 0 fully saturated rings. The topological polar surface area (TPSA) is 9.23 Å². The van der Waals surface area contributed by atoms with Gasteiger partial charge in [0.25, 0.3) is 0 Å². The standard InChI is InChI=1S/C10H10ClF2IO/c11-3-1-2-7-4-8(14)6-9(5-7)15-10(12)13/h4-6,10H,1-3H2. The normalized spacial score (nSPS) is 10.7. The first-order valence-corrected chi connectivity index (χ1v) is 6.03. The molecule has 0 bridgehead atoms. The van der Waals surface area contributed by atoms with Crippen LogP contribution in [-0.4, -0.2) is 12.5 Å². The second-order valence-corrected chi connectivity index (χ2v) is 4.59. The molecule has 0 N–H and O–H groups in total. The van der Waals surface area contributed by atoms with Crippen molar-refractivity contribution in [2.45, 2.75) is 19.5 Å². The molecule has 1 nitrogen and oxygen atoms in total. The lowest BCUT2D eigenvalue weighted by atomic mass is 10.1. The average molecular weight is 347 g/mol. The van der Waals surface area contributed by atoms with Crippen LogP contribution in [-0.2, 0) is 6.42 Å². The maximum atomic E-state index is 12.0. The van der Waals surface area contributed by atoms with Crippen molar-refractivity contribution in [1.82, 2.24) is 0 Å². The Labute approximate surface area is 106 Å². The van der Waals surface area contributed by atoms with E-state index in [4.69, 9.17) is 11.6 Å². The molecule has 0 saturated heterocycles. The molecule has 1 aromatic carbocycles. The van der Waals surface area contributed by atoms with E-state index in [0.717, 1.165) is 22.0 Å². The smallest absolute Gasteiger partial charge is 0.387 e. The number of alkyl halides is 3. The third-order valence-electron chi connectivity index (χ3n) is 1.76. The van der Waals surface area contributed by atoms with Crippen molar-refractivity contribution in [2.24, 2.45) is 0 Å². The number of aryl methyl sites for hydroxylation is 1. The molecule has 0 radical (unpaired) electrons. The third-order valence-corrected chi connectivity index (χ3v) is 2.65. The van der Waals surface area contributed by atoms with E-state index in [0.29, 0.717) is 5.88 Å². The number of hydrogen-bond acceptors (Lipinski definition) is 1. The zero-order chi connectivity index (χ0) is 11.3. The highest BCUT2D eigenvalue weighted by Crippen LogP contribution is 2.21. The second-order valence-electron chi connectivity index (χ2n) is 2.97. The SMILES string of the molecule is FC(F)Oc1cc(I)cc(CCCCl)c1. The summed E-state index contributed by atoms with van der Waals surface area (Å²) in [6.07, 6.45) is 1.61. The van der Waals surface area contributed by atoms with E-state index in [-0.39, 0.29) is 5.75 Å². The highest BCUT2D eigenvalue weighted by Gasteiger charge is 2.06. The van der Waals surface area contributed by atoms with Gasteiger partial charge in [-0.15, -0.1) is 11.6 Å².